The first-order valence-electron chi connectivity index (χ1n) is 12.3. The monoisotopic (exact) mass is 458 g/mol. The van der Waals surface area contributed by atoms with E-state index in [0.717, 1.165) is 25.7 Å². The van der Waals surface area contributed by atoms with Crippen LogP contribution in [0.2, 0.25) is 5.02 Å². The fourth-order valence-electron chi connectivity index (χ4n) is 3.48. The second kappa shape index (κ2) is 18.1. The normalized spacial score (nSPS) is 13.3. The Morgan fingerprint density at radius 1 is 0.733 bits per heavy atom. The van der Waals surface area contributed by atoms with Crippen LogP contribution in [0.3, 0.4) is 0 Å². The zero-order chi connectivity index (χ0) is 21.9. The second-order valence-electron chi connectivity index (χ2n) is 8.29. The molecule has 30 heavy (non-hydrogen) atoms. The van der Waals surface area contributed by atoms with Gasteiger partial charge in [-0.1, -0.05) is 121 Å². The van der Waals surface area contributed by atoms with Crippen molar-refractivity contribution in [3.8, 4) is 5.75 Å². The van der Waals surface area contributed by atoms with Crippen LogP contribution < -0.4 is 4.52 Å². The van der Waals surface area contributed by atoms with Gasteiger partial charge in [0, 0.05) is 0 Å². The Kier molecular flexibility index (Phi) is 16.6. The van der Waals surface area contributed by atoms with Gasteiger partial charge >= 0.3 is 7.60 Å². The van der Waals surface area contributed by atoms with Gasteiger partial charge < -0.3 is 4.52 Å². The average Bonchev–Trinajstić information content (AvgIpc) is 2.74. The number of para-hydroxylation sites is 1. The third-order valence-corrected chi connectivity index (χ3v) is 7.62. The van der Waals surface area contributed by atoms with Crippen LogP contribution in [-0.4, -0.2) is 12.8 Å². The lowest BCUT2D eigenvalue weighted by atomic mass is 10.0. The molecule has 0 fully saturated rings. The Morgan fingerprint density at radius 3 is 1.77 bits per heavy atom. The average molecular weight is 459 g/mol. The molecule has 0 aliphatic carbocycles. The molecule has 0 saturated heterocycles. The number of unbranched alkanes of at least 4 members (excludes halogenated alkanes) is 13. The number of rotatable bonds is 20. The van der Waals surface area contributed by atoms with Crippen LogP contribution in [-0.2, 0) is 9.09 Å². The molecule has 0 aliphatic heterocycles. The van der Waals surface area contributed by atoms with Crippen molar-refractivity contribution in [2.45, 2.75) is 110 Å². The fraction of sp³-hybridized carbons (Fsp3) is 0.760. The maximum Gasteiger partial charge on any atom is 0.379 e. The highest BCUT2D eigenvalue weighted by molar-refractivity contribution is 7.54. The van der Waals surface area contributed by atoms with E-state index >= 15 is 0 Å². The Balaban J connectivity index is 2.12. The van der Waals surface area contributed by atoms with Crippen molar-refractivity contribution in [1.82, 2.24) is 0 Å². The molecule has 0 amide bonds. The first kappa shape index (κ1) is 27.5. The molecule has 0 radical (unpaired) electrons. The van der Waals surface area contributed by atoms with Crippen LogP contribution in [0, 0.1) is 0 Å². The van der Waals surface area contributed by atoms with Crippen LogP contribution in [0.1, 0.15) is 110 Å². The van der Waals surface area contributed by atoms with Gasteiger partial charge in [-0.25, -0.2) is 4.57 Å². The van der Waals surface area contributed by atoms with Crippen LogP contribution >= 0.6 is 19.2 Å². The van der Waals surface area contributed by atoms with Gasteiger partial charge in [-0.2, -0.15) is 0 Å². The van der Waals surface area contributed by atoms with Gasteiger partial charge in [-0.15, -0.1) is 0 Å². The van der Waals surface area contributed by atoms with Gasteiger partial charge in [0.1, 0.15) is 5.75 Å². The highest BCUT2D eigenvalue weighted by Crippen LogP contribution is 2.50. The molecule has 1 unspecified atom stereocenters. The molecule has 0 spiro atoms. The van der Waals surface area contributed by atoms with Crippen LogP contribution in [0.4, 0.5) is 0 Å². The molecule has 3 nitrogen and oxygen atoms in total. The van der Waals surface area contributed by atoms with Gasteiger partial charge in [0.2, 0.25) is 0 Å². The molecule has 1 rings (SSSR count). The van der Waals surface area contributed by atoms with E-state index < -0.39 is 7.60 Å². The first-order chi connectivity index (χ1) is 14.6. The third-order valence-electron chi connectivity index (χ3n) is 5.40. The van der Waals surface area contributed by atoms with Crippen LogP contribution in [0.15, 0.2) is 24.3 Å². The molecule has 1 atom stereocenters. The van der Waals surface area contributed by atoms with Crippen molar-refractivity contribution < 1.29 is 13.6 Å². The summed E-state index contributed by atoms with van der Waals surface area (Å²) in [6.07, 6.45) is 19.2. The third kappa shape index (κ3) is 13.7. The molecule has 0 heterocycles. The summed E-state index contributed by atoms with van der Waals surface area (Å²) in [4.78, 5) is 0. The minimum atomic E-state index is -3.15. The minimum Gasteiger partial charge on any atom is -0.423 e. The van der Waals surface area contributed by atoms with Gasteiger partial charge in [0.05, 0.1) is 17.8 Å². The molecule has 1 aromatic rings. The lowest BCUT2D eigenvalue weighted by Gasteiger charge is -2.20. The zero-order valence-corrected chi connectivity index (χ0v) is 21.0. The largest absolute Gasteiger partial charge is 0.423 e. The molecule has 0 aliphatic rings. The van der Waals surface area contributed by atoms with Crippen LogP contribution in [0.25, 0.3) is 0 Å². The summed E-state index contributed by atoms with van der Waals surface area (Å²) in [6, 6.07) is 7.15. The van der Waals surface area contributed by atoms with Crippen molar-refractivity contribution in [3.05, 3.63) is 29.3 Å². The van der Waals surface area contributed by atoms with Crippen molar-refractivity contribution >= 4 is 19.2 Å². The quantitative estimate of drug-likeness (QED) is 0.144. The topological polar surface area (TPSA) is 35.5 Å². The summed E-state index contributed by atoms with van der Waals surface area (Å²) in [6.45, 7) is 4.83. The molecular formula is C25H44ClO3P. The minimum absolute atomic E-state index is 0.438. The van der Waals surface area contributed by atoms with Crippen molar-refractivity contribution in [2.24, 2.45) is 0 Å². The zero-order valence-electron chi connectivity index (χ0n) is 19.4. The highest BCUT2D eigenvalue weighted by atomic mass is 35.5. The van der Waals surface area contributed by atoms with E-state index in [1.54, 1.807) is 12.1 Å². The Morgan fingerprint density at radius 2 is 1.23 bits per heavy atom. The summed E-state index contributed by atoms with van der Waals surface area (Å²) in [5, 5.41) is 0.471. The van der Waals surface area contributed by atoms with Crippen molar-refractivity contribution in [1.29, 1.82) is 0 Å². The van der Waals surface area contributed by atoms with E-state index in [4.69, 9.17) is 20.6 Å². The number of hydrogen-bond donors (Lipinski definition) is 0. The van der Waals surface area contributed by atoms with E-state index in [0.29, 0.717) is 23.5 Å². The van der Waals surface area contributed by atoms with E-state index in [9.17, 15) is 4.57 Å². The Bertz CT molecular complexity index is 579. The van der Waals surface area contributed by atoms with Gasteiger partial charge in [0.25, 0.3) is 0 Å². The first-order valence-corrected chi connectivity index (χ1v) is 14.4. The smallest absolute Gasteiger partial charge is 0.379 e. The predicted octanol–water partition coefficient (Wildman–Crippen LogP) is 9.82. The molecule has 174 valence electrons. The molecule has 1 aromatic carbocycles. The summed E-state index contributed by atoms with van der Waals surface area (Å²) >= 11 is 6.15. The van der Waals surface area contributed by atoms with E-state index in [1.165, 1.54) is 70.6 Å². The van der Waals surface area contributed by atoms with Gasteiger partial charge in [0.15, 0.2) is 0 Å². The van der Waals surface area contributed by atoms with Crippen LogP contribution in [0.5, 0.6) is 5.75 Å². The summed E-state index contributed by atoms with van der Waals surface area (Å²) in [5.74, 6) is 0.448. The Hall–Kier alpha value is -0.500. The molecule has 0 bridgehead atoms. The standard InChI is InChI=1S/C25H44ClO3P/c1-3-5-7-8-9-10-11-12-13-14-15-16-19-22-28-30(27,23-6-4-2)29-25-21-18-17-20-24(25)26/h17-18,20-21H,3-16,19,22-23H2,1-2H3. The van der Waals surface area contributed by atoms with E-state index in [1.807, 2.05) is 12.1 Å². The van der Waals surface area contributed by atoms with Crippen molar-refractivity contribution in [3.63, 3.8) is 0 Å². The fourth-order valence-corrected chi connectivity index (χ4v) is 5.55. The summed E-state index contributed by atoms with van der Waals surface area (Å²) in [7, 11) is -3.15. The van der Waals surface area contributed by atoms with Crippen molar-refractivity contribution in [2.75, 3.05) is 12.8 Å². The predicted molar refractivity (Wildman–Crippen MR) is 131 cm³/mol. The maximum atomic E-state index is 13.1. The molecule has 0 N–H and O–H groups in total. The van der Waals surface area contributed by atoms with E-state index in [2.05, 4.69) is 13.8 Å². The lowest BCUT2D eigenvalue weighted by molar-refractivity contribution is 0.257. The molecule has 5 heteroatoms. The summed E-state index contributed by atoms with van der Waals surface area (Å²) in [5.41, 5.74) is 0. The number of halogens is 1. The highest BCUT2D eigenvalue weighted by Gasteiger charge is 2.26. The molecule has 0 saturated carbocycles. The number of hydrogen-bond acceptors (Lipinski definition) is 3. The number of benzene rings is 1. The maximum absolute atomic E-state index is 13.1. The SMILES string of the molecule is CCCCCCCCCCCCCCCOP(=O)(CCCC)Oc1ccccc1Cl. The van der Waals surface area contributed by atoms with Gasteiger partial charge in [-0.3, -0.25) is 4.52 Å². The lowest BCUT2D eigenvalue weighted by Crippen LogP contribution is -2.04. The van der Waals surface area contributed by atoms with Gasteiger partial charge in [-0.05, 0) is 25.0 Å². The second-order valence-corrected chi connectivity index (χ2v) is 10.8. The summed E-state index contributed by atoms with van der Waals surface area (Å²) < 4.78 is 24.6. The van der Waals surface area contributed by atoms with E-state index in [-0.39, 0.29) is 0 Å². The molecular weight excluding hydrogens is 415 g/mol. The Labute approximate surface area is 190 Å². The molecule has 0 aromatic heterocycles.